The van der Waals surface area contributed by atoms with Crippen LogP contribution in [0.2, 0.25) is 0 Å². The zero-order valence-corrected chi connectivity index (χ0v) is 18.5. The highest BCUT2D eigenvalue weighted by atomic mass is 19.1. The minimum atomic E-state index is -0.266. The van der Waals surface area contributed by atoms with E-state index in [0.29, 0.717) is 18.1 Å². The molecule has 5 heteroatoms. The number of para-hydroxylation sites is 2. The minimum absolute atomic E-state index is 0.259. The van der Waals surface area contributed by atoms with Crippen LogP contribution < -0.4 is 16.4 Å². The molecular weight excluding hydrogens is 387 g/mol. The molecule has 0 radical (unpaired) electrons. The number of rotatable bonds is 7. The first-order chi connectivity index (χ1) is 15.0. The summed E-state index contributed by atoms with van der Waals surface area (Å²) in [5.74, 6) is 0.162. The van der Waals surface area contributed by atoms with Crippen molar-refractivity contribution >= 4 is 17.2 Å². The predicted octanol–water partition coefficient (Wildman–Crippen LogP) is 5.75. The molecule has 0 bridgehead atoms. The number of anilines is 2. The normalized spacial score (nSPS) is 12.8. The van der Waals surface area contributed by atoms with Crippen LogP contribution in [0.1, 0.15) is 48.6 Å². The lowest BCUT2D eigenvalue weighted by Gasteiger charge is -2.17. The van der Waals surface area contributed by atoms with Crippen LogP contribution in [0.4, 0.5) is 15.8 Å². The number of nitrogens with zero attached hydrogens (tertiary/aromatic N) is 1. The summed E-state index contributed by atoms with van der Waals surface area (Å²) in [4.78, 5) is 4.58. The van der Waals surface area contributed by atoms with Gasteiger partial charge in [-0.2, -0.15) is 0 Å². The van der Waals surface area contributed by atoms with E-state index in [1.165, 1.54) is 23.6 Å². The molecule has 0 fully saturated rings. The number of halogens is 1. The molecule has 1 aliphatic rings. The van der Waals surface area contributed by atoms with Crippen LogP contribution >= 0.6 is 0 Å². The number of hydrogen-bond acceptors (Lipinski definition) is 3. The van der Waals surface area contributed by atoms with E-state index in [0.717, 1.165) is 23.2 Å². The second kappa shape index (κ2) is 10.6. The third kappa shape index (κ3) is 5.85. The standard InChI is InChI=1S/C19H25FN4.C7H6/c1-4-12-23-18-14(9-7-10-16(18)20)13(2)24-19(21)15-8-5-6-11-17(15)22-3;1-2-4-7-5-6(7)3-1/h5-11,13,22-23H,4,12H2,1-3H3,(H2,21,24);1-4H,5H2. The molecule has 0 amide bonds. The van der Waals surface area contributed by atoms with Crippen LogP contribution in [0.5, 0.6) is 0 Å². The highest BCUT2D eigenvalue weighted by Gasteiger charge is 2.15. The minimum Gasteiger partial charge on any atom is -0.388 e. The Balaban J connectivity index is 0.000000322. The molecule has 31 heavy (non-hydrogen) atoms. The third-order valence-electron chi connectivity index (χ3n) is 5.23. The van der Waals surface area contributed by atoms with Gasteiger partial charge in [0.15, 0.2) is 0 Å². The van der Waals surface area contributed by atoms with E-state index in [2.05, 4.69) is 39.9 Å². The Morgan fingerprint density at radius 2 is 1.71 bits per heavy atom. The summed E-state index contributed by atoms with van der Waals surface area (Å²) >= 11 is 0. The Morgan fingerprint density at radius 1 is 1.03 bits per heavy atom. The van der Waals surface area contributed by atoms with Crippen molar-refractivity contribution < 1.29 is 4.39 Å². The van der Waals surface area contributed by atoms with Gasteiger partial charge < -0.3 is 16.4 Å². The molecule has 1 unspecified atom stereocenters. The maximum absolute atomic E-state index is 14.2. The quantitative estimate of drug-likeness (QED) is 0.265. The topological polar surface area (TPSA) is 62.4 Å². The molecule has 0 aromatic heterocycles. The highest BCUT2D eigenvalue weighted by molar-refractivity contribution is 6.02. The van der Waals surface area contributed by atoms with Crippen LogP contribution in [0.3, 0.4) is 0 Å². The van der Waals surface area contributed by atoms with Gasteiger partial charge in [0.05, 0.1) is 11.7 Å². The van der Waals surface area contributed by atoms with Crippen LogP contribution in [0, 0.1) is 5.82 Å². The smallest absolute Gasteiger partial charge is 0.146 e. The zero-order chi connectivity index (χ0) is 22.2. The monoisotopic (exact) mass is 418 g/mol. The Kier molecular flexibility index (Phi) is 7.65. The van der Waals surface area contributed by atoms with Crippen LogP contribution in [0.25, 0.3) is 0 Å². The second-order valence-corrected chi connectivity index (χ2v) is 7.56. The number of hydrogen-bond donors (Lipinski definition) is 3. The van der Waals surface area contributed by atoms with Gasteiger partial charge in [-0.25, -0.2) is 4.39 Å². The van der Waals surface area contributed by atoms with Gasteiger partial charge in [-0.3, -0.25) is 4.99 Å². The molecule has 4 N–H and O–H groups in total. The zero-order valence-electron chi connectivity index (χ0n) is 18.5. The van der Waals surface area contributed by atoms with E-state index in [9.17, 15) is 4.39 Å². The molecule has 0 saturated heterocycles. The summed E-state index contributed by atoms with van der Waals surface area (Å²) < 4.78 is 14.2. The lowest BCUT2D eigenvalue weighted by atomic mass is 10.1. The third-order valence-corrected chi connectivity index (χ3v) is 5.23. The number of benzene rings is 3. The van der Waals surface area contributed by atoms with Crippen molar-refractivity contribution in [3.05, 3.63) is 94.8 Å². The lowest BCUT2D eigenvalue weighted by Crippen LogP contribution is -2.17. The van der Waals surface area contributed by atoms with Gasteiger partial charge in [-0.05, 0) is 49.1 Å². The fraction of sp³-hybridized carbons (Fsp3) is 0.269. The molecule has 0 heterocycles. The largest absolute Gasteiger partial charge is 0.388 e. The maximum Gasteiger partial charge on any atom is 0.146 e. The molecule has 0 spiro atoms. The van der Waals surface area contributed by atoms with Crippen LogP contribution in [0.15, 0.2) is 71.7 Å². The van der Waals surface area contributed by atoms with Crippen molar-refractivity contribution in [3.8, 4) is 0 Å². The molecule has 4 rings (SSSR count). The first-order valence-corrected chi connectivity index (χ1v) is 10.7. The van der Waals surface area contributed by atoms with Gasteiger partial charge in [-0.1, -0.05) is 55.5 Å². The van der Waals surface area contributed by atoms with Gasteiger partial charge in [0.2, 0.25) is 0 Å². The maximum atomic E-state index is 14.2. The Bertz CT molecular complexity index is 1020. The average Bonchev–Trinajstić information content (AvgIpc) is 3.58. The van der Waals surface area contributed by atoms with Crippen molar-refractivity contribution in [2.75, 3.05) is 24.2 Å². The van der Waals surface area contributed by atoms with E-state index in [-0.39, 0.29) is 11.9 Å². The second-order valence-electron chi connectivity index (χ2n) is 7.56. The van der Waals surface area contributed by atoms with Crippen molar-refractivity contribution in [3.63, 3.8) is 0 Å². The fourth-order valence-corrected chi connectivity index (χ4v) is 3.43. The summed E-state index contributed by atoms with van der Waals surface area (Å²) in [6.07, 6.45) is 2.16. The van der Waals surface area contributed by atoms with Crippen molar-refractivity contribution in [2.24, 2.45) is 10.7 Å². The first kappa shape index (κ1) is 22.3. The number of amidine groups is 1. The summed E-state index contributed by atoms with van der Waals surface area (Å²) in [6, 6.07) is 21.0. The van der Waals surface area contributed by atoms with Crippen LogP contribution in [-0.4, -0.2) is 19.4 Å². The van der Waals surface area contributed by atoms with Gasteiger partial charge in [-0.15, -0.1) is 0 Å². The summed E-state index contributed by atoms with van der Waals surface area (Å²) in [5.41, 5.74) is 12.3. The predicted molar refractivity (Wildman–Crippen MR) is 130 cm³/mol. The molecule has 0 saturated carbocycles. The van der Waals surface area contributed by atoms with Gasteiger partial charge in [0, 0.05) is 30.4 Å². The molecule has 3 aromatic rings. The van der Waals surface area contributed by atoms with E-state index in [1.54, 1.807) is 6.07 Å². The number of fused-ring (bicyclic) bond motifs is 1. The molecule has 0 aliphatic heterocycles. The van der Waals surface area contributed by atoms with Crippen molar-refractivity contribution in [2.45, 2.75) is 32.7 Å². The SMILES string of the molecule is CCCNc1c(F)cccc1C(C)N=C(N)c1ccccc1NC.c1ccc2c(c1)C2. The summed E-state index contributed by atoms with van der Waals surface area (Å²) in [7, 11) is 1.84. The highest BCUT2D eigenvalue weighted by Crippen LogP contribution is 2.29. The Hall–Kier alpha value is -3.34. The fourth-order valence-electron chi connectivity index (χ4n) is 3.43. The number of nitrogens with one attached hydrogen (secondary N) is 2. The van der Waals surface area contributed by atoms with Crippen molar-refractivity contribution in [1.82, 2.24) is 0 Å². The average molecular weight is 419 g/mol. The van der Waals surface area contributed by atoms with E-state index < -0.39 is 0 Å². The van der Waals surface area contributed by atoms with E-state index >= 15 is 0 Å². The van der Waals surface area contributed by atoms with Gasteiger partial charge in [0.25, 0.3) is 0 Å². The van der Waals surface area contributed by atoms with Gasteiger partial charge >= 0.3 is 0 Å². The Morgan fingerprint density at radius 3 is 2.35 bits per heavy atom. The first-order valence-electron chi connectivity index (χ1n) is 10.7. The Labute approximate surface area is 184 Å². The van der Waals surface area contributed by atoms with E-state index in [1.807, 2.05) is 51.2 Å². The number of nitrogens with two attached hydrogens (primary N) is 1. The van der Waals surface area contributed by atoms with Crippen LogP contribution in [-0.2, 0) is 6.42 Å². The molecule has 4 nitrogen and oxygen atoms in total. The molecular formula is C26H31FN4. The molecule has 1 aliphatic carbocycles. The summed E-state index contributed by atoms with van der Waals surface area (Å²) in [5, 5.41) is 6.25. The molecule has 162 valence electrons. The lowest BCUT2D eigenvalue weighted by molar-refractivity contribution is 0.625. The summed E-state index contributed by atoms with van der Waals surface area (Å²) in [6.45, 7) is 4.67. The molecule has 3 aromatic carbocycles. The number of aliphatic imine (C=N–C) groups is 1. The van der Waals surface area contributed by atoms with Gasteiger partial charge in [0.1, 0.15) is 11.7 Å². The van der Waals surface area contributed by atoms with Crippen molar-refractivity contribution in [1.29, 1.82) is 0 Å². The van der Waals surface area contributed by atoms with E-state index in [4.69, 9.17) is 5.73 Å². The molecule has 1 atom stereocenters.